The molecule has 0 aromatic heterocycles. The summed E-state index contributed by atoms with van der Waals surface area (Å²) >= 11 is 3.17. The van der Waals surface area contributed by atoms with E-state index in [1.807, 2.05) is 0 Å². The highest BCUT2D eigenvalue weighted by Crippen LogP contribution is 2.26. The van der Waals surface area contributed by atoms with E-state index in [9.17, 15) is 18.0 Å². The zero-order valence-electron chi connectivity index (χ0n) is 11.8. The van der Waals surface area contributed by atoms with Gasteiger partial charge in [0.05, 0.1) is 23.6 Å². The van der Waals surface area contributed by atoms with E-state index >= 15 is 0 Å². The number of nitrogens with one attached hydrogen (secondary N) is 1. The molecule has 1 amide bonds. The van der Waals surface area contributed by atoms with E-state index in [4.69, 9.17) is 4.74 Å². The van der Waals surface area contributed by atoms with Gasteiger partial charge in [-0.05, 0) is 41.1 Å². The van der Waals surface area contributed by atoms with Crippen LogP contribution < -0.4 is 5.32 Å². The SMILES string of the molecule is CCOC(=O)c1ccc(S(=O)(=O)N2CCNC(=O)C2)c(Br)c1. The molecule has 2 rings (SSSR count). The standard InChI is InChI=1S/C13H15BrN2O5S/c1-2-21-13(18)9-3-4-11(10(14)7-9)22(19,20)16-6-5-15-12(17)8-16/h3-4,7H,2,5-6,8H2,1H3,(H,15,17). The van der Waals surface area contributed by atoms with Crippen LogP contribution in [0.25, 0.3) is 0 Å². The van der Waals surface area contributed by atoms with Gasteiger partial charge in [0.1, 0.15) is 0 Å². The average molecular weight is 391 g/mol. The molecule has 9 heteroatoms. The summed E-state index contributed by atoms with van der Waals surface area (Å²) in [7, 11) is -3.81. The Balaban J connectivity index is 2.32. The summed E-state index contributed by atoms with van der Waals surface area (Å²) in [6.07, 6.45) is 0. The number of carbonyl (C=O) groups excluding carboxylic acids is 2. The normalized spacial score (nSPS) is 16.2. The molecule has 0 bridgehead atoms. The van der Waals surface area contributed by atoms with Crippen molar-refractivity contribution in [2.75, 3.05) is 26.2 Å². The number of hydrogen-bond acceptors (Lipinski definition) is 5. The zero-order valence-corrected chi connectivity index (χ0v) is 14.2. The third kappa shape index (κ3) is 3.47. The Morgan fingerprint density at radius 3 is 2.77 bits per heavy atom. The summed E-state index contributed by atoms with van der Waals surface area (Å²) in [5.74, 6) is -0.862. The first kappa shape index (κ1) is 16.9. The van der Waals surface area contributed by atoms with Crippen molar-refractivity contribution in [2.24, 2.45) is 0 Å². The lowest BCUT2D eigenvalue weighted by Crippen LogP contribution is -2.49. The Kier molecular flexibility index (Phi) is 5.20. The van der Waals surface area contributed by atoms with E-state index in [1.54, 1.807) is 6.92 Å². The highest BCUT2D eigenvalue weighted by Gasteiger charge is 2.30. The predicted octanol–water partition coefficient (Wildman–Crippen LogP) is 0.746. The first-order chi connectivity index (χ1) is 10.4. The van der Waals surface area contributed by atoms with Gasteiger partial charge in [0.2, 0.25) is 15.9 Å². The molecule has 1 aromatic carbocycles. The van der Waals surface area contributed by atoms with Crippen LogP contribution in [0.5, 0.6) is 0 Å². The highest BCUT2D eigenvalue weighted by molar-refractivity contribution is 9.10. The van der Waals surface area contributed by atoms with Crippen LogP contribution in [-0.2, 0) is 19.6 Å². The average Bonchev–Trinajstić information content (AvgIpc) is 2.47. The van der Waals surface area contributed by atoms with Gasteiger partial charge in [-0.1, -0.05) is 0 Å². The van der Waals surface area contributed by atoms with E-state index < -0.39 is 16.0 Å². The molecule has 0 radical (unpaired) electrons. The van der Waals surface area contributed by atoms with E-state index in [-0.39, 0.29) is 47.1 Å². The third-order valence-corrected chi connectivity index (χ3v) is 5.89. The first-order valence-electron chi connectivity index (χ1n) is 6.59. The van der Waals surface area contributed by atoms with Crippen molar-refractivity contribution in [2.45, 2.75) is 11.8 Å². The molecule has 0 saturated carbocycles. The number of hydrogen-bond donors (Lipinski definition) is 1. The van der Waals surface area contributed by atoms with Gasteiger partial charge < -0.3 is 10.1 Å². The van der Waals surface area contributed by atoms with Crippen LogP contribution in [0, 0.1) is 0 Å². The topological polar surface area (TPSA) is 92.8 Å². The second-order valence-electron chi connectivity index (χ2n) is 4.55. The number of carbonyl (C=O) groups is 2. The summed E-state index contributed by atoms with van der Waals surface area (Å²) in [4.78, 5) is 23.0. The number of ether oxygens (including phenoxy) is 1. The Morgan fingerprint density at radius 1 is 1.45 bits per heavy atom. The lowest BCUT2D eigenvalue weighted by Gasteiger charge is -2.26. The molecule has 22 heavy (non-hydrogen) atoms. The van der Waals surface area contributed by atoms with Crippen LogP contribution in [0.3, 0.4) is 0 Å². The van der Waals surface area contributed by atoms with Gasteiger partial charge >= 0.3 is 5.97 Å². The molecule has 0 spiro atoms. The fraction of sp³-hybridized carbons (Fsp3) is 0.385. The van der Waals surface area contributed by atoms with Gasteiger partial charge in [0.25, 0.3) is 0 Å². The van der Waals surface area contributed by atoms with Crippen molar-refractivity contribution in [3.8, 4) is 0 Å². The molecular formula is C13H15BrN2O5S. The number of nitrogens with zero attached hydrogens (tertiary/aromatic N) is 1. The van der Waals surface area contributed by atoms with Gasteiger partial charge in [0.15, 0.2) is 0 Å². The number of halogens is 1. The summed E-state index contributed by atoms with van der Waals surface area (Å²) in [5, 5.41) is 2.57. The molecule has 1 heterocycles. The first-order valence-corrected chi connectivity index (χ1v) is 8.83. The highest BCUT2D eigenvalue weighted by atomic mass is 79.9. The fourth-order valence-electron chi connectivity index (χ4n) is 2.01. The molecular weight excluding hydrogens is 376 g/mol. The van der Waals surface area contributed by atoms with Crippen LogP contribution in [0.2, 0.25) is 0 Å². The second-order valence-corrected chi connectivity index (χ2v) is 7.31. The monoisotopic (exact) mass is 390 g/mol. The van der Waals surface area contributed by atoms with Crippen LogP contribution in [0.15, 0.2) is 27.6 Å². The summed E-state index contributed by atoms with van der Waals surface area (Å²) in [5.41, 5.74) is 0.254. The van der Waals surface area contributed by atoms with E-state index in [2.05, 4.69) is 21.2 Å². The smallest absolute Gasteiger partial charge is 0.338 e. The molecule has 1 aliphatic heterocycles. The number of piperazine rings is 1. The molecule has 1 aliphatic rings. The molecule has 120 valence electrons. The summed E-state index contributed by atoms with van der Waals surface area (Å²) in [6, 6.07) is 4.12. The maximum Gasteiger partial charge on any atom is 0.338 e. The minimum absolute atomic E-state index is 0.00949. The molecule has 1 aromatic rings. The number of sulfonamides is 1. The van der Waals surface area contributed by atoms with Gasteiger partial charge in [-0.3, -0.25) is 4.79 Å². The molecule has 1 N–H and O–H groups in total. The van der Waals surface area contributed by atoms with Gasteiger partial charge in [-0.2, -0.15) is 4.31 Å². The Hall–Kier alpha value is -1.45. The quantitative estimate of drug-likeness (QED) is 0.765. The Labute approximate surface area is 136 Å². The predicted molar refractivity (Wildman–Crippen MR) is 81.9 cm³/mol. The van der Waals surface area contributed by atoms with E-state index in [0.29, 0.717) is 0 Å². The number of amides is 1. The lowest BCUT2D eigenvalue weighted by atomic mass is 10.2. The Bertz CT molecular complexity index is 704. The van der Waals surface area contributed by atoms with E-state index in [0.717, 1.165) is 4.31 Å². The van der Waals surface area contributed by atoms with Gasteiger partial charge in [-0.25, -0.2) is 13.2 Å². The van der Waals surface area contributed by atoms with E-state index in [1.165, 1.54) is 18.2 Å². The number of rotatable bonds is 4. The maximum atomic E-state index is 12.6. The number of esters is 1. The van der Waals surface area contributed by atoms with Crippen molar-refractivity contribution < 1.29 is 22.7 Å². The van der Waals surface area contributed by atoms with Crippen molar-refractivity contribution in [3.05, 3.63) is 28.2 Å². The zero-order chi connectivity index (χ0) is 16.3. The van der Waals surface area contributed by atoms with Crippen LogP contribution in [0.1, 0.15) is 17.3 Å². The third-order valence-electron chi connectivity index (χ3n) is 3.06. The summed E-state index contributed by atoms with van der Waals surface area (Å²) in [6.45, 7) is 2.19. The Morgan fingerprint density at radius 2 is 2.18 bits per heavy atom. The van der Waals surface area contributed by atoms with Crippen molar-refractivity contribution in [1.82, 2.24) is 9.62 Å². The minimum Gasteiger partial charge on any atom is -0.462 e. The van der Waals surface area contributed by atoms with Crippen LogP contribution >= 0.6 is 15.9 Å². The van der Waals surface area contributed by atoms with Crippen LogP contribution in [0.4, 0.5) is 0 Å². The number of benzene rings is 1. The molecule has 0 atom stereocenters. The van der Waals surface area contributed by atoms with Crippen molar-refractivity contribution in [3.63, 3.8) is 0 Å². The summed E-state index contributed by atoms with van der Waals surface area (Å²) < 4.78 is 31.3. The van der Waals surface area contributed by atoms with Gasteiger partial charge in [0, 0.05) is 17.6 Å². The molecule has 1 saturated heterocycles. The largest absolute Gasteiger partial charge is 0.462 e. The minimum atomic E-state index is -3.81. The van der Waals surface area contributed by atoms with Gasteiger partial charge in [-0.15, -0.1) is 0 Å². The van der Waals surface area contributed by atoms with Crippen molar-refractivity contribution in [1.29, 1.82) is 0 Å². The molecule has 7 nitrogen and oxygen atoms in total. The fourth-order valence-corrected chi connectivity index (χ4v) is 4.45. The molecule has 0 unspecified atom stereocenters. The lowest BCUT2D eigenvalue weighted by molar-refractivity contribution is -0.122. The van der Waals surface area contributed by atoms with Crippen molar-refractivity contribution >= 4 is 37.8 Å². The molecule has 0 aliphatic carbocycles. The van der Waals surface area contributed by atoms with Crippen LogP contribution in [-0.4, -0.2) is 50.8 Å². The maximum absolute atomic E-state index is 12.6. The molecule has 1 fully saturated rings. The second kappa shape index (κ2) is 6.76.